The normalized spacial score (nSPS) is 16.7. The number of hydrogen-bond donors (Lipinski definition) is 0. The Balaban J connectivity index is 1.13. The Morgan fingerprint density at radius 2 is 0.811 bits per heavy atom. The third-order valence-electron chi connectivity index (χ3n) is 13.3. The maximum absolute atomic E-state index is 2.52. The van der Waals surface area contributed by atoms with Crippen molar-refractivity contribution in [1.82, 2.24) is 0 Å². The summed E-state index contributed by atoms with van der Waals surface area (Å²) in [4.78, 5) is 2.52. The van der Waals surface area contributed by atoms with E-state index in [1.807, 2.05) is 0 Å². The molecule has 11 rings (SSSR count). The molecule has 0 amide bonds. The number of hydrogen-bond acceptors (Lipinski definition) is 1. The second-order valence-corrected chi connectivity index (χ2v) is 16.3. The molecule has 1 heteroatoms. The lowest BCUT2D eigenvalue weighted by Gasteiger charge is -2.32. The van der Waals surface area contributed by atoms with Crippen LogP contribution in [0, 0.1) is 0 Å². The van der Waals surface area contributed by atoms with Crippen LogP contribution in [0.1, 0.15) is 90.8 Å². The second-order valence-electron chi connectivity index (χ2n) is 16.3. The van der Waals surface area contributed by atoms with Crippen LogP contribution in [0.2, 0.25) is 0 Å². The first-order valence-electron chi connectivity index (χ1n) is 19.6. The van der Waals surface area contributed by atoms with Gasteiger partial charge in [0.05, 0.1) is 5.41 Å². The Morgan fingerprint density at radius 1 is 0.396 bits per heavy atom. The third-order valence-corrected chi connectivity index (χ3v) is 13.3. The molecule has 0 saturated heterocycles. The summed E-state index contributed by atoms with van der Waals surface area (Å²) in [6.45, 7) is 4.77. The van der Waals surface area contributed by atoms with Crippen LogP contribution >= 0.6 is 0 Å². The molecule has 7 aromatic carbocycles. The quantitative estimate of drug-likeness (QED) is 0.179. The van der Waals surface area contributed by atoms with Crippen molar-refractivity contribution in [2.75, 3.05) is 4.90 Å². The van der Waals surface area contributed by atoms with E-state index in [0.29, 0.717) is 5.92 Å². The molecule has 0 atom stereocenters. The summed E-state index contributed by atoms with van der Waals surface area (Å²) in [5, 5.41) is 0. The molecule has 256 valence electrons. The van der Waals surface area contributed by atoms with Gasteiger partial charge in [0.25, 0.3) is 0 Å². The van der Waals surface area contributed by atoms with E-state index in [2.05, 4.69) is 176 Å². The Morgan fingerprint density at radius 3 is 1.36 bits per heavy atom. The van der Waals surface area contributed by atoms with Gasteiger partial charge in [0.2, 0.25) is 0 Å². The van der Waals surface area contributed by atoms with Gasteiger partial charge in [0.1, 0.15) is 0 Å². The highest BCUT2D eigenvalue weighted by atomic mass is 15.1. The molecule has 0 bridgehead atoms. The van der Waals surface area contributed by atoms with Gasteiger partial charge in [-0.15, -0.1) is 0 Å². The van der Waals surface area contributed by atoms with Crippen LogP contribution < -0.4 is 4.90 Å². The van der Waals surface area contributed by atoms with E-state index in [4.69, 9.17) is 0 Å². The molecule has 0 heterocycles. The summed E-state index contributed by atoms with van der Waals surface area (Å²) >= 11 is 0. The highest BCUT2D eigenvalue weighted by Gasteiger charge is 2.51. The van der Waals surface area contributed by atoms with Crippen LogP contribution in [0.4, 0.5) is 17.1 Å². The first-order valence-corrected chi connectivity index (χ1v) is 19.6. The molecule has 53 heavy (non-hydrogen) atoms. The molecule has 1 nitrogen and oxygen atoms in total. The van der Waals surface area contributed by atoms with E-state index in [1.165, 1.54) is 121 Å². The lowest BCUT2D eigenvalue weighted by molar-refractivity contribution is 0.443. The maximum atomic E-state index is 2.52. The zero-order valence-electron chi connectivity index (χ0n) is 30.6. The summed E-state index contributed by atoms with van der Waals surface area (Å²) in [6, 6.07) is 60.4. The first-order chi connectivity index (χ1) is 26.0. The van der Waals surface area contributed by atoms with E-state index in [1.54, 1.807) is 0 Å². The Hall–Kier alpha value is -5.66. The van der Waals surface area contributed by atoms with E-state index >= 15 is 0 Å². The molecular weight excluding hydrogens is 639 g/mol. The zero-order chi connectivity index (χ0) is 35.3. The molecule has 1 spiro atoms. The lowest BCUT2D eigenvalue weighted by Crippen LogP contribution is -2.26. The van der Waals surface area contributed by atoms with Crippen molar-refractivity contribution < 1.29 is 0 Å². The maximum Gasteiger partial charge on any atom is 0.0726 e. The lowest BCUT2D eigenvalue weighted by atomic mass is 9.70. The van der Waals surface area contributed by atoms with Gasteiger partial charge in [-0.2, -0.15) is 0 Å². The minimum absolute atomic E-state index is 0.0840. The van der Waals surface area contributed by atoms with Crippen LogP contribution in [0.5, 0.6) is 0 Å². The van der Waals surface area contributed by atoms with Gasteiger partial charge >= 0.3 is 0 Å². The van der Waals surface area contributed by atoms with Crippen LogP contribution in [-0.2, 0) is 10.8 Å². The smallest absolute Gasteiger partial charge is 0.0726 e. The van der Waals surface area contributed by atoms with Gasteiger partial charge in [0, 0.05) is 22.5 Å². The van der Waals surface area contributed by atoms with Crippen molar-refractivity contribution in [3.8, 4) is 33.4 Å². The fraction of sp³-hybridized carbons (Fsp3) is 0.192. The molecule has 0 aliphatic heterocycles. The molecule has 7 aromatic rings. The molecular formula is C52H43N. The fourth-order valence-corrected chi connectivity index (χ4v) is 10.8. The zero-order valence-corrected chi connectivity index (χ0v) is 30.6. The summed E-state index contributed by atoms with van der Waals surface area (Å²) in [7, 11) is 0. The number of benzene rings is 7. The number of rotatable bonds is 4. The van der Waals surface area contributed by atoms with Gasteiger partial charge < -0.3 is 4.90 Å². The van der Waals surface area contributed by atoms with E-state index < -0.39 is 0 Å². The highest BCUT2D eigenvalue weighted by molar-refractivity contribution is 5.96. The van der Waals surface area contributed by atoms with Gasteiger partial charge in [-0.3, -0.25) is 0 Å². The average molecular weight is 682 g/mol. The van der Waals surface area contributed by atoms with Crippen molar-refractivity contribution >= 4 is 17.1 Å². The van der Waals surface area contributed by atoms with Gasteiger partial charge in [-0.05, 0) is 127 Å². The Labute approximate surface area is 313 Å². The monoisotopic (exact) mass is 681 g/mol. The molecule has 4 aliphatic rings. The molecule has 0 radical (unpaired) electrons. The van der Waals surface area contributed by atoms with Crippen LogP contribution in [0.25, 0.3) is 33.4 Å². The number of anilines is 3. The van der Waals surface area contributed by atoms with Crippen molar-refractivity contribution in [3.63, 3.8) is 0 Å². The molecule has 0 aromatic heterocycles. The van der Waals surface area contributed by atoms with Crippen LogP contribution in [-0.4, -0.2) is 0 Å². The van der Waals surface area contributed by atoms with Crippen LogP contribution in [0.3, 0.4) is 0 Å². The molecule has 0 unspecified atom stereocenters. The van der Waals surface area contributed by atoms with Crippen molar-refractivity contribution in [1.29, 1.82) is 0 Å². The van der Waals surface area contributed by atoms with Gasteiger partial charge in [0.15, 0.2) is 0 Å². The number of nitrogens with zero attached hydrogens (tertiary/aromatic N) is 1. The molecule has 4 aliphatic carbocycles. The number of fused-ring (bicyclic) bond motifs is 13. The summed E-state index contributed by atoms with van der Waals surface area (Å²) < 4.78 is 0. The SMILES string of the molecule is CC1(C)c2ccccc2-c2ccc(N(c3ccc(C4CCCCC4)cc3)c3ccc4c(c3)C3(c5ccccc5-c5ccccc53)c3ccccc3-4)cc21. The topological polar surface area (TPSA) is 3.24 Å². The molecule has 0 N–H and O–H groups in total. The largest absolute Gasteiger partial charge is 0.310 e. The van der Waals surface area contributed by atoms with Crippen molar-refractivity contribution in [3.05, 3.63) is 197 Å². The van der Waals surface area contributed by atoms with E-state index in [-0.39, 0.29) is 10.8 Å². The summed E-state index contributed by atoms with van der Waals surface area (Å²) in [5.74, 6) is 0.673. The van der Waals surface area contributed by atoms with Crippen molar-refractivity contribution in [2.45, 2.75) is 62.7 Å². The van der Waals surface area contributed by atoms with Crippen molar-refractivity contribution in [2.24, 2.45) is 0 Å². The predicted octanol–water partition coefficient (Wildman–Crippen LogP) is 13.9. The Bertz CT molecular complexity index is 2520. The minimum atomic E-state index is -0.382. The van der Waals surface area contributed by atoms with Crippen LogP contribution in [0.15, 0.2) is 158 Å². The van der Waals surface area contributed by atoms with Gasteiger partial charge in [-0.25, -0.2) is 0 Å². The highest BCUT2D eigenvalue weighted by Crippen LogP contribution is 2.63. The predicted molar refractivity (Wildman–Crippen MR) is 221 cm³/mol. The Kier molecular flexibility index (Phi) is 6.66. The average Bonchev–Trinajstić information content (AvgIpc) is 3.77. The summed E-state index contributed by atoms with van der Waals surface area (Å²) in [6.07, 6.45) is 6.67. The second kappa shape index (κ2) is 11.4. The molecule has 1 fully saturated rings. The summed E-state index contributed by atoms with van der Waals surface area (Å²) in [5.41, 5.74) is 21.0. The third kappa shape index (κ3) is 4.25. The van der Waals surface area contributed by atoms with E-state index in [9.17, 15) is 0 Å². The molecule has 1 saturated carbocycles. The van der Waals surface area contributed by atoms with Gasteiger partial charge in [-0.1, -0.05) is 154 Å². The van der Waals surface area contributed by atoms with E-state index in [0.717, 1.165) is 0 Å². The standard InChI is InChI=1S/C52H43N/c1-51(2)45-20-10-6-16-39(45)43-30-28-37(32-49(43)51)53(36-26-24-35(25-27-36)34-14-4-3-5-15-34)38-29-31-44-42-19-9-13-23-48(42)52(50(44)33-38)46-21-11-7-17-40(46)41-18-8-12-22-47(41)52/h6-13,16-34H,3-5,14-15H2,1-2H3. The fourth-order valence-electron chi connectivity index (χ4n) is 10.8. The minimum Gasteiger partial charge on any atom is -0.310 e. The first kappa shape index (κ1) is 30.9.